The van der Waals surface area contributed by atoms with Crippen molar-refractivity contribution in [1.29, 1.82) is 0 Å². The summed E-state index contributed by atoms with van der Waals surface area (Å²) in [6.45, 7) is 13.5. The fraction of sp³-hybridized carbons (Fsp3) is 0.457. The number of allylic oxidation sites excluding steroid dienone is 2. The first kappa shape index (κ1) is 45.7. The van der Waals surface area contributed by atoms with Crippen LogP contribution >= 0.6 is 0 Å². The molecule has 0 radical (unpaired) electrons. The number of carbonyl (C=O) groups excluding carboxylic acids is 3. The third kappa shape index (κ3) is 8.51. The number of phenols is 1. The molecule has 5 N–H and O–H groups in total. The van der Waals surface area contributed by atoms with E-state index >= 15 is 0 Å². The van der Waals surface area contributed by atoms with E-state index in [-0.39, 0.29) is 55.9 Å². The zero-order valence-corrected chi connectivity index (χ0v) is 36.5. The summed E-state index contributed by atoms with van der Waals surface area (Å²) in [5.41, 5.74) is -0.589. The van der Waals surface area contributed by atoms with Crippen molar-refractivity contribution in [2.24, 2.45) is 23.7 Å². The lowest BCUT2D eigenvalue weighted by atomic mass is 9.78. The molecule has 2 aromatic rings. The Morgan fingerprint density at radius 3 is 2.42 bits per heavy atom. The summed E-state index contributed by atoms with van der Waals surface area (Å²) >= 11 is 0. The lowest BCUT2D eigenvalue weighted by molar-refractivity contribution is -0.160. The Balaban J connectivity index is 1.58. The SMILES string of the molecule is CNCCOc1ccc2nc3c4c5c6c(C)c(O)c4c(=O)c(c-3oc2c1)NC(=O)/C(C)=C\C=C\[C@H](C)[C@H](O)[C@@H](C)[C@@H](O)[C@@H](C)[C@H](OC(C)=O)[C@H](C)[C@@H](OC)/C=C/O[C@@](C)(O6)C5=O. The highest BCUT2D eigenvalue weighted by Gasteiger charge is 2.50. The molecule has 0 aromatic heterocycles. The molecule has 1 amide bonds. The molecule has 0 spiro atoms. The van der Waals surface area contributed by atoms with Crippen LogP contribution in [0.1, 0.15) is 64.4 Å². The Morgan fingerprint density at radius 1 is 1.02 bits per heavy atom. The average Bonchev–Trinajstić information content (AvgIpc) is 3.51. The van der Waals surface area contributed by atoms with Crippen LogP contribution in [0, 0.1) is 30.6 Å². The minimum atomic E-state index is -2.04. The maximum absolute atomic E-state index is 14.7. The lowest BCUT2D eigenvalue weighted by Crippen LogP contribution is -2.46. The first-order valence-electron chi connectivity index (χ1n) is 20.5. The van der Waals surface area contributed by atoms with E-state index in [1.54, 1.807) is 65.1 Å². The quantitative estimate of drug-likeness (QED) is 0.0694. The number of aliphatic hydroxyl groups excluding tert-OH is 2. The Morgan fingerprint density at radius 2 is 1.74 bits per heavy atom. The van der Waals surface area contributed by atoms with Gasteiger partial charge in [-0.05, 0) is 39.1 Å². The van der Waals surface area contributed by atoms with Gasteiger partial charge in [0.05, 0.1) is 35.5 Å². The number of nitrogens with zero attached hydrogens (tertiary/aromatic N) is 1. The van der Waals surface area contributed by atoms with Crippen molar-refractivity contribution in [2.75, 3.05) is 32.6 Å². The molecule has 4 heterocycles. The van der Waals surface area contributed by atoms with Gasteiger partial charge in [0, 0.05) is 73.8 Å². The van der Waals surface area contributed by atoms with E-state index in [1.807, 2.05) is 0 Å². The predicted molar refractivity (Wildman–Crippen MR) is 230 cm³/mol. The van der Waals surface area contributed by atoms with Gasteiger partial charge in [0.2, 0.25) is 5.43 Å². The molecule has 4 aliphatic heterocycles. The molecule has 0 unspecified atom stereocenters. The molecule has 5 aliphatic rings. The number of phenolic OH excluding ortho intramolecular Hbond substituents is 1. The summed E-state index contributed by atoms with van der Waals surface area (Å²) in [7, 11) is 3.23. The summed E-state index contributed by atoms with van der Waals surface area (Å²) < 4.78 is 36.0. The van der Waals surface area contributed by atoms with Crippen LogP contribution in [0.3, 0.4) is 0 Å². The zero-order chi connectivity index (χ0) is 45.4. The second-order valence-electron chi connectivity index (χ2n) is 16.3. The van der Waals surface area contributed by atoms with E-state index < -0.39 is 82.7 Å². The third-order valence-electron chi connectivity index (χ3n) is 11.9. The van der Waals surface area contributed by atoms with Gasteiger partial charge >= 0.3 is 11.8 Å². The largest absolute Gasteiger partial charge is 0.507 e. The molecule has 2 aromatic carbocycles. The number of aliphatic hydroxyl groups is 2. The number of Topliss-reactive ketones (excluding diaryl/α,β-unsaturated/α-hetero) is 1. The van der Waals surface area contributed by atoms with Crippen molar-refractivity contribution in [3.63, 3.8) is 0 Å². The maximum Gasteiger partial charge on any atom is 0.312 e. The molecule has 0 saturated heterocycles. The standard InChI is InChI=1S/C46H55N3O13/c1-21-12-11-13-22(2)45(56)49-36-40(54)33-32(35-43(36)61-31-20-28(58-19-17-47-9)14-15-29(31)48-35)34-42(26(6)39(33)53)62-46(8,44(34)55)59-18-16-30(57-10)23(3)41(60-27(7)50)25(5)38(52)24(4)37(21)51/h11-16,18,20-21,23-25,30,37-38,41,47,51-53H,17,19H2,1-10H3,(H,49,56)/b12-11+,18-16+,22-13-/t21-,23+,24+,25+,30-,37-,38+,41+,46-/m0/s1. The first-order valence-corrected chi connectivity index (χ1v) is 20.5. The Labute approximate surface area is 358 Å². The smallest absolute Gasteiger partial charge is 0.312 e. The van der Waals surface area contributed by atoms with Crippen molar-refractivity contribution in [2.45, 2.75) is 85.6 Å². The van der Waals surface area contributed by atoms with E-state index in [9.17, 15) is 34.5 Å². The van der Waals surface area contributed by atoms with Gasteiger partial charge in [0.1, 0.15) is 46.9 Å². The van der Waals surface area contributed by atoms with Crippen molar-refractivity contribution in [1.82, 2.24) is 10.3 Å². The molecular weight excluding hydrogens is 803 g/mol. The number of ketones is 1. The number of anilines is 1. The molecule has 9 atom stereocenters. The summed E-state index contributed by atoms with van der Waals surface area (Å²) in [4.78, 5) is 60.4. The number of amides is 1. The van der Waals surface area contributed by atoms with Gasteiger partial charge in [-0.2, -0.15) is 0 Å². The summed E-state index contributed by atoms with van der Waals surface area (Å²) in [5.74, 6) is -6.82. The number of benzene rings is 3. The molecule has 5 bridgehead atoms. The maximum atomic E-state index is 14.7. The highest BCUT2D eigenvalue weighted by molar-refractivity contribution is 6.22. The molecule has 62 heavy (non-hydrogen) atoms. The van der Waals surface area contributed by atoms with E-state index in [1.165, 1.54) is 53.2 Å². The number of rotatable bonds is 6. The monoisotopic (exact) mass is 857 g/mol. The number of ether oxygens (including phenoxy) is 5. The molecule has 1 aliphatic carbocycles. The second kappa shape index (κ2) is 18.3. The number of aromatic nitrogens is 1. The fourth-order valence-corrected chi connectivity index (χ4v) is 8.14. The number of esters is 1. The average molecular weight is 858 g/mol. The predicted octanol–water partition coefficient (Wildman–Crippen LogP) is 5.55. The summed E-state index contributed by atoms with van der Waals surface area (Å²) in [6.07, 6.45) is 3.58. The first-order chi connectivity index (χ1) is 29.3. The zero-order valence-electron chi connectivity index (χ0n) is 36.5. The van der Waals surface area contributed by atoms with E-state index in [0.717, 1.165) is 0 Å². The molecule has 332 valence electrons. The van der Waals surface area contributed by atoms with E-state index in [4.69, 9.17) is 33.1 Å². The normalized spacial score (nSPS) is 29.2. The van der Waals surface area contributed by atoms with Gasteiger partial charge in [-0.25, -0.2) is 4.98 Å². The van der Waals surface area contributed by atoms with E-state index in [2.05, 4.69) is 10.6 Å². The number of hydrogen-bond donors (Lipinski definition) is 5. The second-order valence-corrected chi connectivity index (χ2v) is 16.3. The van der Waals surface area contributed by atoms with Crippen LogP contribution in [0.4, 0.5) is 5.69 Å². The molecular formula is C46H55N3O13. The van der Waals surface area contributed by atoms with Crippen LogP contribution in [-0.2, 0) is 23.8 Å². The highest BCUT2D eigenvalue weighted by Crippen LogP contribution is 2.50. The number of nitrogens with one attached hydrogen (secondary N) is 2. The van der Waals surface area contributed by atoms with Crippen molar-refractivity contribution in [3.8, 4) is 28.7 Å². The van der Waals surface area contributed by atoms with Crippen molar-refractivity contribution in [3.05, 3.63) is 75.7 Å². The van der Waals surface area contributed by atoms with Crippen LogP contribution in [0.2, 0.25) is 0 Å². The van der Waals surface area contributed by atoms with Crippen molar-refractivity contribution >= 4 is 45.2 Å². The van der Waals surface area contributed by atoms with Gasteiger partial charge in [0.15, 0.2) is 11.3 Å². The lowest BCUT2D eigenvalue weighted by Gasteiger charge is -2.38. The fourth-order valence-electron chi connectivity index (χ4n) is 8.14. The summed E-state index contributed by atoms with van der Waals surface area (Å²) in [6, 6.07) is 4.92. The third-order valence-corrected chi connectivity index (χ3v) is 11.9. The minimum absolute atomic E-state index is 0.0245. The molecule has 7 rings (SSSR count). The van der Waals surface area contributed by atoms with Crippen LogP contribution in [-0.4, -0.2) is 95.5 Å². The van der Waals surface area contributed by atoms with Gasteiger partial charge in [-0.15, -0.1) is 0 Å². The van der Waals surface area contributed by atoms with Crippen LogP contribution < -0.4 is 25.5 Å². The van der Waals surface area contributed by atoms with Crippen LogP contribution in [0.5, 0.6) is 17.2 Å². The van der Waals surface area contributed by atoms with Gasteiger partial charge < -0.3 is 54.1 Å². The van der Waals surface area contributed by atoms with Crippen molar-refractivity contribution < 1.29 is 57.8 Å². The minimum Gasteiger partial charge on any atom is -0.507 e. The number of carbonyl (C=O) groups is 3. The molecule has 16 nitrogen and oxygen atoms in total. The van der Waals surface area contributed by atoms with Gasteiger partial charge in [0.25, 0.3) is 11.7 Å². The Hall–Kier alpha value is -5.81. The molecule has 0 saturated carbocycles. The summed E-state index contributed by atoms with van der Waals surface area (Å²) in [5, 5.41) is 40.0. The number of fused-ring (bicyclic) bond motifs is 14. The number of likely N-dealkylation sites (N-methyl/N-ethyl adjacent to an activating group) is 1. The van der Waals surface area contributed by atoms with Gasteiger partial charge in [-0.1, -0.05) is 45.9 Å². The molecule has 16 heteroatoms. The van der Waals surface area contributed by atoms with Crippen LogP contribution in [0.15, 0.2) is 63.6 Å². The number of methoxy groups -OCH3 is 1. The molecule has 0 fully saturated rings. The van der Waals surface area contributed by atoms with E-state index in [0.29, 0.717) is 24.4 Å². The topological polar surface area (TPSA) is 225 Å². The Kier molecular flexibility index (Phi) is 13.5. The van der Waals surface area contributed by atoms with Crippen LogP contribution in [0.25, 0.3) is 33.3 Å². The Bertz CT molecular complexity index is 2510. The highest BCUT2D eigenvalue weighted by atomic mass is 16.7. The number of hydrogen-bond acceptors (Lipinski definition) is 15. The number of aromatic hydroxyl groups is 1. The van der Waals surface area contributed by atoms with Gasteiger partial charge in [-0.3, -0.25) is 19.2 Å².